The number of nitrogens with one attached hydrogen (secondary N) is 1. The third-order valence-corrected chi connectivity index (χ3v) is 3.11. The molecule has 0 heterocycles. The van der Waals surface area contributed by atoms with Crippen LogP contribution in [0, 0.1) is 0 Å². The van der Waals surface area contributed by atoms with Crippen molar-refractivity contribution in [1.82, 2.24) is 5.43 Å². The number of hydrogen-bond acceptors (Lipinski definition) is 5. The third kappa shape index (κ3) is 4.89. The number of ether oxygens (including phenoxy) is 2. The number of phenolic OH excluding ortho intramolecular Hbond substituents is 1. The number of nitrogens with zero attached hydrogens (tertiary/aromatic N) is 1. The van der Waals surface area contributed by atoms with Crippen LogP contribution in [0.1, 0.15) is 5.56 Å². The second kappa shape index (κ2) is 8.05. The van der Waals surface area contributed by atoms with Gasteiger partial charge in [0.2, 0.25) is 0 Å². The van der Waals surface area contributed by atoms with Gasteiger partial charge in [0, 0.05) is 0 Å². The Labute approximate surface area is 138 Å². The van der Waals surface area contributed by atoms with E-state index < -0.39 is 5.91 Å². The second-order valence-electron chi connectivity index (χ2n) is 4.44. The van der Waals surface area contributed by atoms with Crippen molar-refractivity contribution in [3.05, 3.63) is 53.1 Å². The van der Waals surface area contributed by atoms with E-state index in [4.69, 9.17) is 21.1 Å². The molecule has 0 atom stereocenters. The number of aromatic hydroxyl groups is 1. The zero-order valence-electron chi connectivity index (χ0n) is 12.3. The Balaban J connectivity index is 1.85. The number of amides is 1. The Hall–Kier alpha value is -2.73. The number of benzene rings is 2. The molecule has 0 bridgehead atoms. The fourth-order valence-electron chi connectivity index (χ4n) is 1.69. The molecule has 2 rings (SSSR count). The highest BCUT2D eigenvalue weighted by Crippen LogP contribution is 2.25. The summed E-state index contributed by atoms with van der Waals surface area (Å²) < 4.78 is 10.3. The summed E-state index contributed by atoms with van der Waals surface area (Å²) in [5.41, 5.74) is 2.99. The van der Waals surface area contributed by atoms with Crippen LogP contribution in [-0.4, -0.2) is 30.9 Å². The molecule has 2 aromatic rings. The second-order valence-corrected chi connectivity index (χ2v) is 4.85. The number of carbonyl (C=O) groups excluding carboxylic acids is 1. The summed E-state index contributed by atoms with van der Waals surface area (Å²) in [6.45, 7) is -0.208. The minimum absolute atomic E-state index is 0.0295. The first kappa shape index (κ1) is 16.6. The maximum Gasteiger partial charge on any atom is 0.277 e. The average Bonchev–Trinajstić information content (AvgIpc) is 2.55. The molecule has 0 saturated carbocycles. The summed E-state index contributed by atoms with van der Waals surface area (Å²) in [4.78, 5) is 11.6. The molecule has 120 valence electrons. The van der Waals surface area contributed by atoms with Crippen molar-refractivity contribution in [2.45, 2.75) is 0 Å². The normalized spacial score (nSPS) is 10.5. The summed E-state index contributed by atoms with van der Waals surface area (Å²) in [6.07, 6.45) is 1.43. The van der Waals surface area contributed by atoms with Gasteiger partial charge in [-0.1, -0.05) is 23.7 Å². The van der Waals surface area contributed by atoms with Crippen molar-refractivity contribution in [1.29, 1.82) is 0 Å². The van der Waals surface area contributed by atoms with Gasteiger partial charge in [-0.15, -0.1) is 0 Å². The highest BCUT2D eigenvalue weighted by molar-refractivity contribution is 6.32. The topological polar surface area (TPSA) is 80.2 Å². The van der Waals surface area contributed by atoms with Crippen molar-refractivity contribution < 1.29 is 19.4 Å². The van der Waals surface area contributed by atoms with Crippen LogP contribution in [-0.2, 0) is 4.79 Å². The predicted octanol–water partition coefficient (Wildman–Crippen LogP) is 2.58. The third-order valence-electron chi connectivity index (χ3n) is 2.80. The van der Waals surface area contributed by atoms with E-state index in [1.165, 1.54) is 19.4 Å². The van der Waals surface area contributed by atoms with E-state index in [9.17, 15) is 9.90 Å². The number of hydrazone groups is 1. The van der Waals surface area contributed by atoms with Gasteiger partial charge in [-0.3, -0.25) is 4.79 Å². The molecular weight excluding hydrogens is 320 g/mol. The van der Waals surface area contributed by atoms with E-state index in [-0.39, 0.29) is 12.4 Å². The van der Waals surface area contributed by atoms with E-state index in [2.05, 4.69) is 10.5 Å². The first-order valence-electron chi connectivity index (χ1n) is 6.66. The molecule has 0 radical (unpaired) electrons. The minimum atomic E-state index is -0.424. The summed E-state index contributed by atoms with van der Waals surface area (Å²) in [7, 11) is 1.45. The van der Waals surface area contributed by atoms with E-state index in [0.717, 1.165) is 0 Å². The SMILES string of the molecule is COc1cc(/C=N\NC(=O)COc2ccccc2Cl)ccc1O. The summed E-state index contributed by atoms with van der Waals surface area (Å²) in [5, 5.41) is 13.7. The van der Waals surface area contributed by atoms with E-state index >= 15 is 0 Å². The lowest BCUT2D eigenvalue weighted by atomic mass is 10.2. The van der Waals surface area contributed by atoms with Crippen LogP contribution in [0.3, 0.4) is 0 Å². The Morgan fingerprint density at radius 1 is 1.30 bits per heavy atom. The van der Waals surface area contributed by atoms with Crippen LogP contribution in [0.5, 0.6) is 17.2 Å². The molecule has 0 aliphatic heterocycles. The molecular formula is C16H15ClN2O4. The smallest absolute Gasteiger partial charge is 0.277 e. The first-order chi connectivity index (χ1) is 11.1. The average molecular weight is 335 g/mol. The molecule has 0 aliphatic carbocycles. The molecule has 0 aromatic heterocycles. The van der Waals surface area contributed by atoms with Crippen LogP contribution in [0.15, 0.2) is 47.6 Å². The van der Waals surface area contributed by atoms with Gasteiger partial charge in [-0.2, -0.15) is 5.10 Å². The molecule has 2 aromatic carbocycles. The van der Waals surface area contributed by atoms with Gasteiger partial charge in [-0.25, -0.2) is 5.43 Å². The molecule has 0 fully saturated rings. The number of phenols is 1. The van der Waals surface area contributed by atoms with E-state index in [0.29, 0.717) is 22.1 Å². The molecule has 0 unspecified atom stereocenters. The van der Waals surface area contributed by atoms with Crippen molar-refractivity contribution in [2.75, 3.05) is 13.7 Å². The Bertz CT molecular complexity index is 719. The molecule has 2 N–H and O–H groups in total. The standard InChI is InChI=1S/C16H15ClN2O4/c1-22-15-8-11(6-7-13(15)20)9-18-19-16(21)10-23-14-5-3-2-4-12(14)17/h2-9,20H,10H2,1H3,(H,19,21)/b18-9-. The first-order valence-corrected chi connectivity index (χ1v) is 7.04. The highest BCUT2D eigenvalue weighted by Gasteiger charge is 2.04. The maximum atomic E-state index is 11.6. The maximum absolute atomic E-state index is 11.6. The van der Waals surface area contributed by atoms with Crippen LogP contribution in [0.25, 0.3) is 0 Å². The van der Waals surface area contributed by atoms with Gasteiger partial charge < -0.3 is 14.6 Å². The Morgan fingerprint density at radius 3 is 2.83 bits per heavy atom. The number of rotatable bonds is 6. The van der Waals surface area contributed by atoms with Gasteiger partial charge in [0.15, 0.2) is 18.1 Å². The van der Waals surface area contributed by atoms with Crippen LogP contribution >= 0.6 is 11.6 Å². The van der Waals surface area contributed by atoms with Crippen LogP contribution < -0.4 is 14.9 Å². The van der Waals surface area contributed by atoms with Gasteiger partial charge in [0.25, 0.3) is 5.91 Å². The molecule has 6 nitrogen and oxygen atoms in total. The van der Waals surface area contributed by atoms with Crippen molar-refractivity contribution in [2.24, 2.45) is 5.10 Å². The predicted molar refractivity (Wildman–Crippen MR) is 87.3 cm³/mol. The lowest BCUT2D eigenvalue weighted by molar-refractivity contribution is -0.123. The Kier molecular flexibility index (Phi) is 5.82. The Morgan fingerprint density at radius 2 is 2.09 bits per heavy atom. The zero-order valence-corrected chi connectivity index (χ0v) is 13.1. The lowest BCUT2D eigenvalue weighted by Gasteiger charge is -2.06. The van der Waals surface area contributed by atoms with Gasteiger partial charge in [-0.05, 0) is 35.9 Å². The van der Waals surface area contributed by atoms with Crippen molar-refractivity contribution >= 4 is 23.7 Å². The van der Waals surface area contributed by atoms with Gasteiger partial charge >= 0.3 is 0 Å². The molecule has 0 spiro atoms. The number of carbonyl (C=O) groups is 1. The van der Waals surface area contributed by atoms with Gasteiger partial charge in [0.05, 0.1) is 18.3 Å². The fraction of sp³-hybridized carbons (Fsp3) is 0.125. The molecule has 1 amide bonds. The summed E-state index contributed by atoms with van der Waals surface area (Å²) in [5.74, 6) is 0.354. The monoisotopic (exact) mass is 334 g/mol. The molecule has 7 heteroatoms. The number of hydrogen-bond donors (Lipinski definition) is 2. The van der Waals surface area contributed by atoms with Crippen LogP contribution in [0.4, 0.5) is 0 Å². The minimum Gasteiger partial charge on any atom is -0.504 e. The summed E-state index contributed by atoms with van der Waals surface area (Å²) in [6, 6.07) is 11.6. The number of para-hydroxylation sites is 1. The molecule has 0 saturated heterocycles. The van der Waals surface area contributed by atoms with Gasteiger partial charge in [0.1, 0.15) is 5.75 Å². The molecule has 0 aliphatic rings. The van der Waals surface area contributed by atoms with Crippen LogP contribution in [0.2, 0.25) is 5.02 Å². The van der Waals surface area contributed by atoms with Crippen molar-refractivity contribution in [3.8, 4) is 17.2 Å². The number of methoxy groups -OCH3 is 1. The lowest BCUT2D eigenvalue weighted by Crippen LogP contribution is -2.24. The molecule has 23 heavy (non-hydrogen) atoms. The number of halogens is 1. The van der Waals surface area contributed by atoms with Crippen molar-refractivity contribution in [3.63, 3.8) is 0 Å². The highest BCUT2D eigenvalue weighted by atomic mass is 35.5. The van der Waals surface area contributed by atoms with E-state index in [1.54, 1.807) is 36.4 Å². The fourth-order valence-corrected chi connectivity index (χ4v) is 1.88. The summed E-state index contributed by atoms with van der Waals surface area (Å²) >= 11 is 5.91. The largest absolute Gasteiger partial charge is 0.504 e. The van der Waals surface area contributed by atoms with E-state index in [1.807, 2.05) is 0 Å². The zero-order chi connectivity index (χ0) is 16.7. The quantitative estimate of drug-likeness (QED) is 0.628.